The molecule has 1 amide bonds. The van der Waals surface area contributed by atoms with Gasteiger partial charge in [-0.1, -0.05) is 25.1 Å². The van der Waals surface area contributed by atoms with Crippen LogP contribution in [0.15, 0.2) is 29.3 Å². The summed E-state index contributed by atoms with van der Waals surface area (Å²) < 4.78 is 14.0. The molecule has 3 rings (SSSR count). The average Bonchev–Trinajstić information content (AvgIpc) is 3.14. The quantitative estimate of drug-likeness (QED) is 0.869. The lowest BCUT2D eigenvalue weighted by molar-refractivity contribution is -0.124. The molecule has 0 bridgehead atoms. The molecule has 1 aromatic carbocycles. The summed E-state index contributed by atoms with van der Waals surface area (Å²) in [7, 11) is 0. The summed E-state index contributed by atoms with van der Waals surface area (Å²) >= 11 is 0. The van der Waals surface area contributed by atoms with E-state index in [1.54, 1.807) is 18.2 Å². The van der Waals surface area contributed by atoms with Crippen LogP contribution in [0.3, 0.4) is 0 Å². The zero-order chi connectivity index (χ0) is 13.5. The largest absolute Gasteiger partial charge is 0.338 e. The van der Waals surface area contributed by atoms with Crippen molar-refractivity contribution < 1.29 is 9.18 Å². The summed E-state index contributed by atoms with van der Waals surface area (Å²) in [6.07, 6.45) is 2.57. The Labute approximate surface area is 111 Å². The van der Waals surface area contributed by atoms with Crippen LogP contribution in [0.2, 0.25) is 0 Å². The minimum absolute atomic E-state index is 0.237. The Morgan fingerprint density at radius 3 is 2.79 bits per heavy atom. The van der Waals surface area contributed by atoms with Gasteiger partial charge in [-0.25, -0.2) is 9.38 Å². The first-order valence-corrected chi connectivity index (χ1v) is 6.58. The van der Waals surface area contributed by atoms with Gasteiger partial charge in [-0.15, -0.1) is 0 Å². The van der Waals surface area contributed by atoms with E-state index < -0.39 is 5.54 Å². The molecule has 2 N–H and O–H groups in total. The molecule has 1 atom stereocenters. The number of guanidine groups is 1. The smallest absolute Gasteiger partial charge is 0.257 e. The van der Waals surface area contributed by atoms with Gasteiger partial charge in [-0.2, -0.15) is 0 Å². The van der Waals surface area contributed by atoms with Crippen LogP contribution in [-0.4, -0.2) is 17.9 Å². The average molecular weight is 261 g/mol. The Morgan fingerprint density at radius 1 is 1.42 bits per heavy atom. The summed E-state index contributed by atoms with van der Waals surface area (Å²) in [6.45, 7) is 1.86. The van der Waals surface area contributed by atoms with Gasteiger partial charge in [0.05, 0.1) is 6.04 Å². The number of benzene rings is 1. The van der Waals surface area contributed by atoms with Gasteiger partial charge in [0.1, 0.15) is 11.4 Å². The number of hydrogen-bond donors (Lipinski definition) is 2. The fourth-order valence-electron chi connectivity index (χ4n) is 2.39. The van der Waals surface area contributed by atoms with E-state index in [9.17, 15) is 9.18 Å². The van der Waals surface area contributed by atoms with Crippen LogP contribution in [0, 0.1) is 5.82 Å². The molecule has 1 unspecified atom stereocenters. The van der Waals surface area contributed by atoms with Crippen molar-refractivity contribution in [1.29, 1.82) is 0 Å². The van der Waals surface area contributed by atoms with Gasteiger partial charge in [-0.05, 0) is 25.3 Å². The third kappa shape index (κ3) is 1.99. The predicted octanol–water partition coefficient (Wildman–Crippen LogP) is 1.67. The second-order valence-electron chi connectivity index (χ2n) is 5.03. The first-order valence-electron chi connectivity index (χ1n) is 6.58. The highest BCUT2D eigenvalue weighted by molar-refractivity contribution is 6.09. The van der Waals surface area contributed by atoms with Crippen molar-refractivity contribution in [2.24, 2.45) is 4.99 Å². The summed E-state index contributed by atoms with van der Waals surface area (Å²) in [4.78, 5) is 16.7. The van der Waals surface area contributed by atoms with E-state index in [-0.39, 0.29) is 11.7 Å². The molecule has 1 saturated carbocycles. The van der Waals surface area contributed by atoms with E-state index in [4.69, 9.17) is 0 Å². The number of carbonyl (C=O) groups excluding carboxylic acids is 1. The highest BCUT2D eigenvalue weighted by atomic mass is 19.1. The normalized spacial score (nSPS) is 28.3. The molecule has 100 valence electrons. The molecule has 2 aliphatic rings. The monoisotopic (exact) mass is 261 g/mol. The Morgan fingerprint density at radius 2 is 2.16 bits per heavy atom. The first kappa shape index (κ1) is 12.1. The summed E-state index contributed by atoms with van der Waals surface area (Å²) in [5, 5.41) is 5.81. The third-order valence-electron chi connectivity index (χ3n) is 3.67. The summed E-state index contributed by atoms with van der Waals surface area (Å²) in [5.41, 5.74) is -0.671. The van der Waals surface area contributed by atoms with Crippen molar-refractivity contribution in [3.63, 3.8) is 0 Å². The number of carbonyl (C=O) groups is 1. The number of rotatable bonds is 3. The molecule has 0 aromatic heterocycles. The van der Waals surface area contributed by atoms with Crippen molar-refractivity contribution in [2.45, 2.75) is 37.8 Å². The van der Waals surface area contributed by atoms with Gasteiger partial charge < -0.3 is 5.32 Å². The Kier molecular flexibility index (Phi) is 2.77. The van der Waals surface area contributed by atoms with Crippen molar-refractivity contribution >= 4 is 11.9 Å². The van der Waals surface area contributed by atoms with Crippen LogP contribution in [0.25, 0.3) is 0 Å². The molecule has 1 aliphatic heterocycles. The maximum absolute atomic E-state index is 14.0. The van der Waals surface area contributed by atoms with Gasteiger partial charge in [0.15, 0.2) is 5.96 Å². The van der Waals surface area contributed by atoms with Crippen molar-refractivity contribution in [3.05, 3.63) is 35.6 Å². The number of nitrogens with zero attached hydrogens (tertiary/aromatic N) is 1. The van der Waals surface area contributed by atoms with Crippen LogP contribution in [-0.2, 0) is 10.3 Å². The van der Waals surface area contributed by atoms with E-state index in [2.05, 4.69) is 15.6 Å². The minimum atomic E-state index is -1.04. The molecule has 1 heterocycles. The highest BCUT2D eigenvalue weighted by Crippen LogP contribution is 2.31. The second-order valence-corrected chi connectivity index (χ2v) is 5.03. The van der Waals surface area contributed by atoms with E-state index >= 15 is 0 Å². The molecule has 1 aromatic rings. The van der Waals surface area contributed by atoms with E-state index in [0.717, 1.165) is 12.8 Å². The number of aliphatic imine (C=N–C) groups is 1. The molecule has 19 heavy (non-hydrogen) atoms. The van der Waals surface area contributed by atoms with Crippen LogP contribution in [0.4, 0.5) is 4.39 Å². The summed E-state index contributed by atoms with van der Waals surface area (Å²) in [6, 6.07) is 6.68. The highest BCUT2D eigenvalue weighted by Gasteiger charge is 2.47. The molecule has 2 fully saturated rings. The van der Waals surface area contributed by atoms with Crippen molar-refractivity contribution in [1.82, 2.24) is 10.6 Å². The SMILES string of the molecule is CCC1(c2ccccc2F)NC(=NC2CC2)NC1=O. The zero-order valence-corrected chi connectivity index (χ0v) is 10.7. The Hall–Kier alpha value is -1.91. The first-order chi connectivity index (χ1) is 9.15. The van der Waals surface area contributed by atoms with E-state index in [1.165, 1.54) is 6.07 Å². The van der Waals surface area contributed by atoms with Crippen LogP contribution in [0.5, 0.6) is 0 Å². The van der Waals surface area contributed by atoms with Gasteiger partial charge in [0.25, 0.3) is 5.91 Å². The van der Waals surface area contributed by atoms with Gasteiger partial charge in [0, 0.05) is 5.56 Å². The third-order valence-corrected chi connectivity index (χ3v) is 3.67. The standard InChI is InChI=1S/C14H16FN3O/c1-2-14(10-5-3-4-6-11(10)15)12(19)17-13(18-14)16-9-7-8-9/h3-6,9H,2,7-8H2,1H3,(H2,16,17,18,19). The topological polar surface area (TPSA) is 53.5 Å². The van der Waals surface area contributed by atoms with Gasteiger partial charge >= 0.3 is 0 Å². The lowest BCUT2D eigenvalue weighted by Gasteiger charge is -2.25. The molecular formula is C14H16FN3O. The van der Waals surface area contributed by atoms with E-state index in [1.807, 2.05) is 6.92 Å². The number of halogens is 1. The second kappa shape index (κ2) is 4.33. The summed E-state index contributed by atoms with van der Waals surface area (Å²) in [5.74, 6) is -0.142. The van der Waals surface area contributed by atoms with Gasteiger partial charge in [0.2, 0.25) is 0 Å². The maximum atomic E-state index is 14.0. The fraction of sp³-hybridized carbons (Fsp3) is 0.429. The number of nitrogens with one attached hydrogen (secondary N) is 2. The molecule has 5 heteroatoms. The fourth-order valence-corrected chi connectivity index (χ4v) is 2.39. The van der Waals surface area contributed by atoms with Crippen LogP contribution >= 0.6 is 0 Å². The molecule has 0 spiro atoms. The molecule has 0 radical (unpaired) electrons. The van der Waals surface area contributed by atoms with E-state index in [0.29, 0.717) is 24.0 Å². The molecule has 1 aliphatic carbocycles. The van der Waals surface area contributed by atoms with Crippen LogP contribution in [0.1, 0.15) is 31.7 Å². The predicted molar refractivity (Wildman–Crippen MR) is 70.1 cm³/mol. The molecule has 4 nitrogen and oxygen atoms in total. The number of hydrogen-bond acceptors (Lipinski definition) is 2. The van der Waals surface area contributed by atoms with Crippen molar-refractivity contribution in [3.8, 4) is 0 Å². The number of amides is 1. The van der Waals surface area contributed by atoms with Crippen molar-refractivity contribution in [2.75, 3.05) is 0 Å². The lowest BCUT2D eigenvalue weighted by atomic mass is 9.87. The Bertz CT molecular complexity index is 553. The lowest BCUT2D eigenvalue weighted by Crippen LogP contribution is -2.44. The molecule has 1 saturated heterocycles. The molecular weight excluding hydrogens is 245 g/mol. The maximum Gasteiger partial charge on any atom is 0.257 e. The zero-order valence-electron chi connectivity index (χ0n) is 10.7. The van der Waals surface area contributed by atoms with Gasteiger partial charge in [-0.3, -0.25) is 10.1 Å². The van der Waals surface area contributed by atoms with Crippen LogP contribution < -0.4 is 10.6 Å². The minimum Gasteiger partial charge on any atom is -0.338 e. The Balaban J connectivity index is 1.99.